The lowest BCUT2D eigenvalue weighted by Gasteiger charge is -2.36. The van der Waals surface area contributed by atoms with Crippen LogP contribution in [0.15, 0.2) is 51.1 Å². The molecule has 0 atom stereocenters. The molecular weight excluding hydrogens is 510 g/mol. The van der Waals surface area contributed by atoms with Gasteiger partial charge in [0, 0.05) is 14.7 Å². The SMILES string of the molecule is CCc1cc(S(Cl)(c2cc(Cl)c(O)c(CC)c2)c2cc(Cl)c(O)c(CC)c2)cc(Cl)c1O. The van der Waals surface area contributed by atoms with Gasteiger partial charge in [-0.3, -0.25) is 0 Å². The Kier molecular flexibility index (Phi) is 7.73. The topological polar surface area (TPSA) is 60.7 Å². The van der Waals surface area contributed by atoms with Crippen molar-refractivity contribution in [1.29, 1.82) is 0 Å². The maximum Gasteiger partial charge on any atom is 0.137 e. The van der Waals surface area contributed by atoms with Gasteiger partial charge in [0.15, 0.2) is 0 Å². The van der Waals surface area contributed by atoms with Gasteiger partial charge in [-0.1, -0.05) is 75.5 Å². The van der Waals surface area contributed by atoms with Crippen molar-refractivity contribution >= 4 is 54.7 Å². The number of phenolic OH excluding ortho intramolecular Hbond substituents is 3. The molecule has 0 saturated heterocycles. The Bertz CT molecular complexity index is 1040. The summed E-state index contributed by atoms with van der Waals surface area (Å²) in [6, 6.07) is 10.5. The smallest absolute Gasteiger partial charge is 0.137 e. The molecule has 32 heavy (non-hydrogen) atoms. The Morgan fingerprint density at radius 1 is 0.562 bits per heavy atom. The highest BCUT2D eigenvalue weighted by atomic mass is 35.7. The average molecular weight is 534 g/mol. The Hall–Kier alpha value is -1.43. The maximum absolute atomic E-state index is 10.4. The van der Waals surface area contributed by atoms with Gasteiger partial charge in [0.05, 0.1) is 15.1 Å². The second kappa shape index (κ2) is 9.82. The molecule has 0 unspecified atom stereocenters. The minimum Gasteiger partial charge on any atom is -0.506 e. The van der Waals surface area contributed by atoms with Gasteiger partial charge in [0.1, 0.15) is 17.2 Å². The summed E-state index contributed by atoms with van der Waals surface area (Å²) < 4.78 is 0. The lowest BCUT2D eigenvalue weighted by atomic mass is 10.1. The van der Waals surface area contributed by atoms with Crippen molar-refractivity contribution in [1.82, 2.24) is 0 Å². The van der Waals surface area contributed by atoms with E-state index in [2.05, 4.69) is 0 Å². The van der Waals surface area contributed by atoms with Gasteiger partial charge >= 0.3 is 0 Å². The standard InChI is InChI=1S/C24H24Cl4O3S/c1-4-13-7-16(10-19(25)22(13)29)32(28,17-8-14(5-2)23(30)20(26)11-17)18-9-15(6-3)24(31)21(27)12-18/h7-12,29-31H,4-6H2,1-3H3. The van der Waals surface area contributed by atoms with Crippen LogP contribution in [0.3, 0.4) is 0 Å². The molecule has 172 valence electrons. The summed E-state index contributed by atoms with van der Waals surface area (Å²) in [6.45, 7) is 5.75. The lowest BCUT2D eigenvalue weighted by molar-refractivity contribution is 0.468. The first-order valence-electron chi connectivity index (χ1n) is 10.2. The van der Waals surface area contributed by atoms with Gasteiger partial charge in [-0.05, 0) is 72.4 Å². The van der Waals surface area contributed by atoms with Crippen LogP contribution in [-0.2, 0) is 19.3 Å². The summed E-state index contributed by atoms with van der Waals surface area (Å²) in [7, 11) is 5.03. The predicted molar refractivity (Wildman–Crippen MR) is 136 cm³/mol. The summed E-state index contributed by atoms with van der Waals surface area (Å²) in [6.07, 6.45) is 1.66. The fourth-order valence-electron chi connectivity index (χ4n) is 3.59. The summed E-state index contributed by atoms with van der Waals surface area (Å²) in [5.41, 5.74) is 1.98. The van der Waals surface area contributed by atoms with E-state index < -0.39 is 9.24 Å². The van der Waals surface area contributed by atoms with Crippen molar-refractivity contribution in [3.8, 4) is 17.2 Å². The minimum atomic E-state index is -2.51. The molecule has 3 rings (SSSR count). The molecule has 0 amide bonds. The Balaban J connectivity index is 2.45. The van der Waals surface area contributed by atoms with E-state index in [0.717, 1.165) is 0 Å². The van der Waals surface area contributed by atoms with E-state index in [0.29, 0.717) is 50.6 Å². The van der Waals surface area contributed by atoms with Crippen LogP contribution in [0.5, 0.6) is 17.2 Å². The number of aryl methyl sites for hydroxylation is 3. The molecule has 0 aliphatic carbocycles. The van der Waals surface area contributed by atoms with E-state index in [1.165, 1.54) is 0 Å². The molecule has 0 heterocycles. The van der Waals surface area contributed by atoms with E-state index in [1.807, 2.05) is 39.0 Å². The molecule has 0 saturated carbocycles. The van der Waals surface area contributed by atoms with Crippen LogP contribution in [0, 0.1) is 0 Å². The second-order valence-electron chi connectivity index (χ2n) is 7.34. The predicted octanol–water partition coefficient (Wildman–Crippen LogP) is 8.89. The largest absolute Gasteiger partial charge is 0.506 e. The number of rotatable bonds is 6. The molecule has 8 heteroatoms. The van der Waals surface area contributed by atoms with Crippen molar-refractivity contribution in [3.63, 3.8) is 0 Å². The van der Waals surface area contributed by atoms with Crippen molar-refractivity contribution < 1.29 is 15.3 Å². The molecule has 0 fully saturated rings. The number of phenols is 3. The van der Waals surface area contributed by atoms with Crippen LogP contribution in [0.25, 0.3) is 0 Å². The zero-order valence-corrected chi connectivity index (χ0v) is 21.7. The van der Waals surface area contributed by atoms with Gasteiger partial charge < -0.3 is 15.3 Å². The molecule has 3 aromatic rings. The third-order valence-electron chi connectivity index (χ3n) is 5.46. The first-order valence-corrected chi connectivity index (χ1v) is 13.7. The normalized spacial score (nSPS) is 12.2. The molecule has 0 radical (unpaired) electrons. The summed E-state index contributed by atoms with van der Waals surface area (Å²) in [4.78, 5) is 2.06. The fourth-order valence-corrected chi connectivity index (χ4v) is 7.87. The second-order valence-corrected chi connectivity index (χ2v) is 12.4. The first kappa shape index (κ1) is 25.2. The van der Waals surface area contributed by atoms with Crippen LogP contribution < -0.4 is 0 Å². The van der Waals surface area contributed by atoms with Crippen molar-refractivity contribution in [2.24, 2.45) is 0 Å². The minimum absolute atomic E-state index is 0.0207. The molecule has 0 aliphatic rings. The summed E-state index contributed by atoms with van der Waals surface area (Å²) in [5, 5.41) is 31.7. The third-order valence-corrected chi connectivity index (χ3v) is 10.6. The van der Waals surface area contributed by atoms with Gasteiger partial charge in [0.2, 0.25) is 0 Å². The monoisotopic (exact) mass is 532 g/mol. The van der Waals surface area contributed by atoms with Crippen LogP contribution >= 0.6 is 54.7 Å². The van der Waals surface area contributed by atoms with Gasteiger partial charge in [-0.15, -0.1) is 0 Å². The molecule has 3 aromatic carbocycles. The lowest BCUT2D eigenvalue weighted by Crippen LogP contribution is -2.01. The number of hydrogen-bond donors (Lipinski definition) is 3. The highest BCUT2D eigenvalue weighted by Gasteiger charge is 2.33. The summed E-state index contributed by atoms with van der Waals surface area (Å²) >= 11 is 19.1. The summed E-state index contributed by atoms with van der Waals surface area (Å²) in [5.74, 6) is 0.0620. The number of halogens is 4. The molecular formula is C24H24Cl4O3S. The van der Waals surface area contributed by atoms with E-state index in [9.17, 15) is 15.3 Å². The molecule has 0 aromatic heterocycles. The highest BCUT2D eigenvalue weighted by molar-refractivity contribution is 8.51. The number of benzene rings is 3. The Morgan fingerprint density at radius 3 is 1.03 bits per heavy atom. The maximum atomic E-state index is 10.4. The quantitative estimate of drug-likeness (QED) is 0.296. The average Bonchev–Trinajstić information content (AvgIpc) is 2.78. The third kappa shape index (κ3) is 4.36. The van der Waals surface area contributed by atoms with Crippen LogP contribution in [0.4, 0.5) is 0 Å². The van der Waals surface area contributed by atoms with E-state index in [1.54, 1.807) is 18.2 Å². The van der Waals surface area contributed by atoms with E-state index in [-0.39, 0.29) is 32.3 Å². The zero-order chi connectivity index (χ0) is 23.8. The van der Waals surface area contributed by atoms with Gasteiger partial charge in [0.25, 0.3) is 0 Å². The highest BCUT2D eigenvalue weighted by Crippen LogP contribution is 2.74. The molecule has 0 spiro atoms. The molecule has 3 nitrogen and oxygen atoms in total. The number of hydrogen-bond acceptors (Lipinski definition) is 3. The van der Waals surface area contributed by atoms with E-state index >= 15 is 0 Å². The van der Waals surface area contributed by atoms with E-state index in [4.69, 9.17) is 45.5 Å². The van der Waals surface area contributed by atoms with Crippen molar-refractivity contribution in [2.75, 3.05) is 0 Å². The Morgan fingerprint density at radius 2 is 0.812 bits per heavy atom. The molecule has 0 aliphatic heterocycles. The molecule has 3 N–H and O–H groups in total. The van der Waals surface area contributed by atoms with Crippen molar-refractivity contribution in [2.45, 2.75) is 54.7 Å². The Labute approximate surface area is 209 Å². The van der Waals surface area contributed by atoms with Crippen LogP contribution in [-0.4, -0.2) is 15.3 Å². The fraction of sp³-hybridized carbons (Fsp3) is 0.250. The zero-order valence-electron chi connectivity index (χ0n) is 17.8. The van der Waals surface area contributed by atoms with Crippen LogP contribution in [0.1, 0.15) is 37.5 Å². The van der Waals surface area contributed by atoms with Crippen molar-refractivity contribution in [3.05, 3.63) is 68.2 Å². The molecule has 0 bridgehead atoms. The first-order chi connectivity index (χ1) is 15.1. The van der Waals surface area contributed by atoms with Gasteiger partial charge in [-0.25, -0.2) is 0 Å². The van der Waals surface area contributed by atoms with Gasteiger partial charge in [-0.2, -0.15) is 0 Å². The van der Waals surface area contributed by atoms with Crippen LogP contribution in [0.2, 0.25) is 15.1 Å². The number of aromatic hydroxyl groups is 3.